The van der Waals surface area contributed by atoms with Gasteiger partial charge in [-0.3, -0.25) is 9.89 Å². The number of H-pyrrole nitrogens is 1. The predicted octanol–water partition coefficient (Wildman–Crippen LogP) is 5.40. The molecule has 1 heterocycles. The van der Waals surface area contributed by atoms with Crippen LogP contribution in [0.4, 0.5) is 8.78 Å². The van der Waals surface area contributed by atoms with E-state index in [0.717, 1.165) is 41.8 Å². The first kappa shape index (κ1) is 18.5. The van der Waals surface area contributed by atoms with Crippen molar-refractivity contribution >= 4 is 5.78 Å². The molecule has 30 heavy (non-hydrogen) atoms. The fourth-order valence-corrected chi connectivity index (χ4v) is 6.76. The molecule has 3 nitrogen and oxygen atoms in total. The van der Waals surface area contributed by atoms with Crippen LogP contribution in [0.5, 0.6) is 0 Å². The number of hydrogen-bond donors (Lipinski definition) is 1. The van der Waals surface area contributed by atoms with Crippen LogP contribution in [0.15, 0.2) is 35.4 Å². The number of benzene rings is 1. The molecule has 0 unspecified atom stereocenters. The number of nitrogens with zero attached hydrogens (tertiary/aromatic N) is 1. The Kier molecular flexibility index (Phi) is 3.50. The van der Waals surface area contributed by atoms with Crippen LogP contribution in [0.3, 0.4) is 0 Å². The zero-order valence-corrected chi connectivity index (χ0v) is 17.4. The Morgan fingerprint density at radius 1 is 1.13 bits per heavy atom. The van der Waals surface area contributed by atoms with Crippen LogP contribution in [-0.2, 0) is 23.1 Å². The number of carbonyl (C=O) groups excluding carboxylic acids is 1. The van der Waals surface area contributed by atoms with Crippen molar-refractivity contribution in [3.63, 3.8) is 0 Å². The van der Waals surface area contributed by atoms with E-state index in [0.29, 0.717) is 12.8 Å². The molecule has 0 radical (unpaired) electrons. The van der Waals surface area contributed by atoms with Crippen LogP contribution in [0.25, 0.3) is 0 Å². The van der Waals surface area contributed by atoms with E-state index < -0.39 is 11.3 Å². The maximum Gasteiger partial charge on any atom is 0.249 e. The van der Waals surface area contributed by atoms with E-state index in [1.165, 1.54) is 16.7 Å². The Morgan fingerprint density at radius 2 is 1.90 bits per heavy atom. The Hall–Kier alpha value is -2.30. The largest absolute Gasteiger partial charge is 0.294 e. The van der Waals surface area contributed by atoms with Gasteiger partial charge in [0.05, 0.1) is 11.1 Å². The normalized spacial score (nSPS) is 28.9. The van der Waals surface area contributed by atoms with Gasteiger partial charge in [-0.05, 0) is 35.8 Å². The molecule has 1 aromatic carbocycles. The van der Waals surface area contributed by atoms with Crippen LogP contribution < -0.4 is 0 Å². The molecular weight excluding hydrogens is 382 g/mol. The summed E-state index contributed by atoms with van der Waals surface area (Å²) in [5.41, 5.74) is 6.88. The number of rotatable bonds is 1. The van der Waals surface area contributed by atoms with Gasteiger partial charge in [0.1, 0.15) is 0 Å². The molecule has 1 fully saturated rings. The van der Waals surface area contributed by atoms with Crippen molar-refractivity contribution in [1.82, 2.24) is 10.2 Å². The topological polar surface area (TPSA) is 45.8 Å². The Morgan fingerprint density at radius 3 is 2.67 bits per heavy atom. The molecule has 1 aromatic heterocycles. The number of aryl methyl sites for hydroxylation is 1. The summed E-state index contributed by atoms with van der Waals surface area (Å²) in [6.07, 6.45) is 3.55. The van der Waals surface area contributed by atoms with Gasteiger partial charge in [0.2, 0.25) is 5.92 Å². The smallest absolute Gasteiger partial charge is 0.249 e. The molecule has 1 spiro atoms. The highest BCUT2D eigenvalue weighted by Crippen LogP contribution is 2.60. The highest BCUT2D eigenvalue weighted by atomic mass is 19.3. The zero-order valence-electron chi connectivity index (χ0n) is 17.4. The first-order valence-electron chi connectivity index (χ1n) is 11.0. The van der Waals surface area contributed by atoms with E-state index in [2.05, 4.69) is 36.2 Å². The van der Waals surface area contributed by atoms with Crippen molar-refractivity contribution in [2.45, 2.75) is 76.0 Å². The number of carbonyl (C=O) groups is 1. The average molecular weight is 408 g/mol. The molecule has 4 aliphatic carbocycles. The summed E-state index contributed by atoms with van der Waals surface area (Å²) in [7, 11) is 0. The monoisotopic (exact) mass is 408 g/mol. The summed E-state index contributed by atoms with van der Waals surface area (Å²) in [6, 6.07) is 8.37. The number of fused-ring (bicyclic) bond motifs is 5. The van der Waals surface area contributed by atoms with Gasteiger partial charge in [-0.15, -0.1) is 0 Å². The lowest BCUT2D eigenvalue weighted by atomic mass is 9.57. The number of hydrogen-bond acceptors (Lipinski definition) is 2. The molecule has 5 heteroatoms. The Labute approximate surface area is 175 Å². The van der Waals surface area contributed by atoms with E-state index in [1.54, 1.807) is 0 Å². The van der Waals surface area contributed by atoms with Gasteiger partial charge in [0.25, 0.3) is 0 Å². The third kappa shape index (κ3) is 2.35. The molecule has 2 aromatic rings. The lowest BCUT2D eigenvalue weighted by molar-refractivity contribution is -0.118. The summed E-state index contributed by atoms with van der Waals surface area (Å²) in [6.45, 7) is 4.32. The van der Waals surface area contributed by atoms with Crippen molar-refractivity contribution in [3.8, 4) is 0 Å². The van der Waals surface area contributed by atoms with Crippen LogP contribution in [0.1, 0.15) is 79.9 Å². The second kappa shape index (κ2) is 5.68. The van der Waals surface area contributed by atoms with E-state index in [4.69, 9.17) is 0 Å². The highest BCUT2D eigenvalue weighted by molar-refractivity contribution is 6.02. The van der Waals surface area contributed by atoms with Crippen LogP contribution in [0, 0.1) is 5.41 Å². The first-order chi connectivity index (χ1) is 14.2. The molecule has 6 rings (SSSR count). The summed E-state index contributed by atoms with van der Waals surface area (Å²) >= 11 is 0. The van der Waals surface area contributed by atoms with Crippen molar-refractivity contribution in [1.29, 1.82) is 0 Å². The van der Waals surface area contributed by atoms with Crippen molar-refractivity contribution < 1.29 is 13.6 Å². The van der Waals surface area contributed by atoms with Gasteiger partial charge in [0.15, 0.2) is 5.78 Å². The van der Waals surface area contributed by atoms with Gasteiger partial charge in [-0.2, -0.15) is 5.10 Å². The second-order valence-corrected chi connectivity index (χ2v) is 10.6. The van der Waals surface area contributed by atoms with Gasteiger partial charge >= 0.3 is 0 Å². The predicted molar refractivity (Wildman–Crippen MR) is 110 cm³/mol. The van der Waals surface area contributed by atoms with Gasteiger partial charge < -0.3 is 0 Å². The number of allylic oxidation sites excluding steroid dienone is 2. The number of nitrogens with one attached hydrogen (secondary N) is 1. The Balaban J connectivity index is 1.60. The SMILES string of the molecule is CC1(C)CC(=O)C2=C(Cc3[nH]nc(C4CC(F)(F)C4)c3[C@@]23CCc2ccccc23)C1. The summed E-state index contributed by atoms with van der Waals surface area (Å²) < 4.78 is 27.5. The number of alkyl halides is 2. The number of ketones is 1. The fraction of sp³-hybridized carbons (Fsp3) is 0.520. The minimum Gasteiger partial charge on any atom is -0.294 e. The minimum atomic E-state index is -2.60. The third-order valence-electron chi connectivity index (χ3n) is 7.80. The fourth-order valence-electron chi connectivity index (χ4n) is 6.76. The van der Waals surface area contributed by atoms with Crippen molar-refractivity contribution in [2.24, 2.45) is 5.41 Å². The van der Waals surface area contributed by atoms with Crippen molar-refractivity contribution in [2.75, 3.05) is 0 Å². The second-order valence-electron chi connectivity index (χ2n) is 10.6. The van der Waals surface area contributed by atoms with Crippen LogP contribution in [-0.4, -0.2) is 21.9 Å². The standard InChI is InChI=1S/C25H26F2N2O/c1-23(2)10-15-9-18-21(22(29-28-18)16-11-24(26,27)12-16)25(20(15)19(30)13-23)8-7-14-5-3-4-6-17(14)25/h3-6,16H,7-13H2,1-2H3,(H,28,29)/t25-/m1/s1. The summed E-state index contributed by atoms with van der Waals surface area (Å²) in [4.78, 5) is 13.6. The van der Waals surface area contributed by atoms with E-state index in [-0.39, 0.29) is 30.0 Å². The summed E-state index contributed by atoms with van der Waals surface area (Å²) in [5, 5.41) is 7.82. The maximum atomic E-state index is 13.7. The third-order valence-corrected chi connectivity index (χ3v) is 7.80. The number of Topliss-reactive ketones (excluding diaryl/α,β-unsaturated/α-hetero) is 1. The van der Waals surface area contributed by atoms with E-state index in [9.17, 15) is 13.6 Å². The lowest BCUT2D eigenvalue weighted by Gasteiger charge is -2.45. The summed E-state index contributed by atoms with van der Waals surface area (Å²) in [5.74, 6) is -2.60. The van der Waals surface area contributed by atoms with Crippen LogP contribution in [0.2, 0.25) is 0 Å². The molecule has 0 amide bonds. The van der Waals surface area contributed by atoms with Gasteiger partial charge in [-0.1, -0.05) is 43.7 Å². The molecule has 0 aliphatic heterocycles. The molecular formula is C25H26F2N2O. The van der Waals surface area contributed by atoms with Gasteiger partial charge in [0, 0.05) is 48.4 Å². The number of aromatic nitrogens is 2. The highest BCUT2D eigenvalue weighted by Gasteiger charge is 2.56. The van der Waals surface area contributed by atoms with E-state index >= 15 is 0 Å². The maximum absolute atomic E-state index is 13.7. The minimum absolute atomic E-state index is 0.0500. The molecule has 1 N–H and O–H groups in total. The molecule has 1 atom stereocenters. The molecule has 4 aliphatic rings. The lowest BCUT2D eigenvalue weighted by Crippen LogP contribution is -2.43. The Bertz CT molecular complexity index is 1120. The van der Waals surface area contributed by atoms with Gasteiger partial charge in [-0.25, -0.2) is 8.78 Å². The first-order valence-corrected chi connectivity index (χ1v) is 11.0. The number of halogens is 2. The molecule has 0 saturated heterocycles. The molecule has 1 saturated carbocycles. The van der Waals surface area contributed by atoms with Crippen LogP contribution >= 0.6 is 0 Å². The van der Waals surface area contributed by atoms with E-state index in [1.807, 2.05) is 12.1 Å². The quantitative estimate of drug-likeness (QED) is 0.687. The molecule has 0 bridgehead atoms. The average Bonchev–Trinajstić information content (AvgIpc) is 3.21. The van der Waals surface area contributed by atoms with Crippen molar-refractivity contribution in [3.05, 3.63) is 63.5 Å². The molecule has 156 valence electrons. The number of aromatic amines is 1. The zero-order chi connectivity index (χ0) is 20.9.